The third-order valence-corrected chi connectivity index (χ3v) is 2.62. The normalized spacial score (nSPS) is 9.94. The van der Waals surface area contributed by atoms with E-state index in [1.807, 2.05) is 30.3 Å². The number of hydrogen-bond acceptors (Lipinski definition) is 2. The number of ketones is 1. The third kappa shape index (κ3) is 2.86. The number of carbonyl (C=O) groups is 1. The van der Waals surface area contributed by atoms with Gasteiger partial charge in [-0.3, -0.25) is 4.79 Å². The third-order valence-electron chi connectivity index (χ3n) is 2.62. The highest BCUT2D eigenvalue weighted by molar-refractivity contribution is 5.94. The van der Waals surface area contributed by atoms with Crippen molar-refractivity contribution in [3.05, 3.63) is 48.3 Å². The number of carbonyl (C=O) groups excluding carboxylic acids is 1. The maximum absolute atomic E-state index is 11.8. The van der Waals surface area contributed by atoms with Gasteiger partial charge in [0.15, 0.2) is 5.78 Å². The summed E-state index contributed by atoms with van der Waals surface area (Å²) in [5.74, 6) is 2.57. The van der Waals surface area contributed by atoms with Crippen LogP contribution in [0.2, 0.25) is 0 Å². The SMILES string of the molecule is C#CCCCC(=O)c1ccn(-c2ccccc2)n1. The van der Waals surface area contributed by atoms with Crippen molar-refractivity contribution in [2.75, 3.05) is 0 Å². The molecule has 0 saturated carbocycles. The van der Waals surface area contributed by atoms with E-state index >= 15 is 0 Å². The van der Waals surface area contributed by atoms with Crippen LogP contribution in [0.5, 0.6) is 0 Å². The maximum Gasteiger partial charge on any atom is 0.183 e. The molecule has 0 spiro atoms. The number of benzene rings is 1. The quantitative estimate of drug-likeness (QED) is 0.456. The van der Waals surface area contributed by atoms with Gasteiger partial charge >= 0.3 is 0 Å². The largest absolute Gasteiger partial charge is 0.292 e. The molecule has 0 saturated heterocycles. The first kappa shape index (κ1) is 12.1. The minimum absolute atomic E-state index is 0.0416. The summed E-state index contributed by atoms with van der Waals surface area (Å²) in [5.41, 5.74) is 1.44. The van der Waals surface area contributed by atoms with Crippen LogP contribution in [-0.4, -0.2) is 15.6 Å². The van der Waals surface area contributed by atoms with Crippen LogP contribution in [0.4, 0.5) is 0 Å². The van der Waals surface area contributed by atoms with Crippen LogP contribution < -0.4 is 0 Å². The lowest BCUT2D eigenvalue weighted by molar-refractivity contribution is 0.0975. The number of Topliss-reactive ketones (excluding diaryl/α,β-unsaturated/α-hetero) is 1. The fourth-order valence-corrected chi connectivity index (χ4v) is 1.68. The van der Waals surface area contributed by atoms with Gasteiger partial charge < -0.3 is 0 Å². The molecule has 0 aliphatic rings. The Morgan fingerprint density at radius 1 is 1.28 bits per heavy atom. The minimum atomic E-state index is 0.0416. The fraction of sp³-hybridized carbons (Fsp3) is 0.200. The van der Waals surface area contributed by atoms with E-state index < -0.39 is 0 Å². The zero-order valence-electron chi connectivity index (χ0n) is 10.0. The molecule has 18 heavy (non-hydrogen) atoms. The van der Waals surface area contributed by atoms with Gasteiger partial charge in [0.1, 0.15) is 5.69 Å². The second-order valence-corrected chi connectivity index (χ2v) is 3.96. The monoisotopic (exact) mass is 238 g/mol. The predicted octanol–water partition coefficient (Wildman–Crippen LogP) is 2.86. The summed E-state index contributed by atoms with van der Waals surface area (Å²) < 4.78 is 1.70. The Kier molecular flexibility index (Phi) is 3.93. The first-order chi connectivity index (χ1) is 8.81. The molecule has 3 nitrogen and oxygen atoms in total. The van der Waals surface area contributed by atoms with Gasteiger partial charge in [0.25, 0.3) is 0 Å². The number of terminal acetylenes is 1. The summed E-state index contributed by atoms with van der Waals surface area (Å²) in [6.07, 6.45) is 8.75. The van der Waals surface area contributed by atoms with E-state index in [0.717, 1.165) is 5.69 Å². The van der Waals surface area contributed by atoms with Gasteiger partial charge in [0, 0.05) is 19.0 Å². The number of aromatic nitrogens is 2. The van der Waals surface area contributed by atoms with Crippen LogP contribution in [0.15, 0.2) is 42.6 Å². The lowest BCUT2D eigenvalue weighted by atomic mass is 10.1. The van der Waals surface area contributed by atoms with Crippen LogP contribution >= 0.6 is 0 Å². The standard InChI is InChI=1S/C15H14N2O/c1-2-3-5-10-15(18)14-11-12-17(16-14)13-8-6-4-7-9-13/h1,4,6-9,11-12H,3,5,10H2. The van der Waals surface area contributed by atoms with E-state index in [9.17, 15) is 4.79 Å². The molecule has 0 bridgehead atoms. The zero-order valence-corrected chi connectivity index (χ0v) is 10.0. The van der Waals surface area contributed by atoms with Crippen molar-refractivity contribution in [3.8, 4) is 18.0 Å². The van der Waals surface area contributed by atoms with E-state index in [0.29, 0.717) is 25.0 Å². The average Bonchev–Trinajstić information content (AvgIpc) is 2.89. The number of hydrogen-bond donors (Lipinski definition) is 0. The highest BCUT2D eigenvalue weighted by atomic mass is 16.1. The molecule has 0 aliphatic carbocycles. The summed E-state index contributed by atoms with van der Waals surface area (Å²) in [7, 11) is 0. The van der Waals surface area contributed by atoms with Crippen molar-refractivity contribution >= 4 is 5.78 Å². The topological polar surface area (TPSA) is 34.9 Å². The number of para-hydroxylation sites is 1. The highest BCUT2D eigenvalue weighted by Crippen LogP contribution is 2.09. The predicted molar refractivity (Wildman–Crippen MR) is 70.6 cm³/mol. The molecule has 0 amide bonds. The lowest BCUT2D eigenvalue weighted by Crippen LogP contribution is -2.02. The molecule has 0 N–H and O–H groups in total. The number of unbranched alkanes of at least 4 members (excludes halogenated alkanes) is 1. The Bertz CT molecular complexity index is 564. The minimum Gasteiger partial charge on any atom is -0.292 e. The second-order valence-electron chi connectivity index (χ2n) is 3.96. The van der Waals surface area contributed by atoms with E-state index in [4.69, 9.17) is 6.42 Å². The van der Waals surface area contributed by atoms with E-state index in [1.165, 1.54) is 0 Å². The van der Waals surface area contributed by atoms with Gasteiger partial charge in [0.05, 0.1) is 5.69 Å². The molecular weight excluding hydrogens is 224 g/mol. The van der Waals surface area contributed by atoms with Crippen molar-refractivity contribution in [2.24, 2.45) is 0 Å². The molecule has 0 fully saturated rings. The molecule has 1 heterocycles. The first-order valence-corrected chi connectivity index (χ1v) is 5.89. The van der Waals surface area contributed by atoms with Gasteiger partial charge in [-0.05, 0) is 24.6 Å². The molecule has 2 aromatic rings. The van der Waals surface area contributed by atoms with Crippen LogP contribution in [0.3, 0.4) is 0 Å². The number of nitrogens with zero attached hydrogens (tertiary/aromatic N) is 2. The molecule has 2 rings (SSSR count). The summed E-state index contributed by atoms with van der Waals surface area (Å²) in [5, 5.41) is 4.27. The molecule has 90 valence electrons. The van der Waals surface area contributed by atoms with Crippen molar-refractivity contribution < 1.29 is 4.79 Å². The van der Waals surface area contributed by atoms with Crippen LogP contribution in [0, 0.1) is 12.3 Å². The first-order valence-electron chi connectivity index (χ1n) is 5.89. The Balaban J connectivity index is 2.07. The molecule has 0 aliphatic heterocycles. The van der Waals surface area contributed by atoms with Gasteiger partial charge in [-0.15, -0.1) is 12.3 Å². The maximum atomic E-state index is 11.8. The second kappa shape index (κ2) is 5.83. The van der Waals surface area contributed by atoms with Gasteiger partial charge in [-0.2, -0.15) is 5.10 Å². The Morgan fingerprint density at radius 3 is 2.78 bits per heavy atom. The van der Waals surface area contributed by atoms with Crippen LogP contribution in [0.25, 0.3) is 5.69 Å². The molecule has 1 aromatic carbocycles. The van der Waals surface area contributed by atoms with Crippen LogP contribution in [-0.2, 0) is 0 Å². The fourth-order valence-electron chi connectivity index (χ4n) is 1.68. The Morgan fingerprint density at radius 2 is 2.06 bits per heavy atom. The van der Waals surface area contributed by atoms with E-state index in [1.54, 1.807) is 16.9 Å². The lowest BCUT2D eigenvalue weighted by Gasteiger charge is -1.99. The van der Waals surface area contributed by atoms with Gasteiger partial charge in [-0.25, -0.2) is 4.68 Å². The molecule has 0 atom stereocenters. The zero-order chi connectivity index (χ0) is 12.8. The summed E-state index contributed by atoms with van der Waals surface area (Å²) in [6, 6.07) is 11.4. The highest BCUT2D eigenvalue weighted by Gasteiger charge is 2.09. The Hall–Kier alpha value is -2.34. The summed E-state index contributed by atoms with van der Waals surface area (Å²) >= 11 is 0. The molecule has 0 unspecified atom stereocenters. The molecular formula is C15H14N2O. The van der Waals surface area contributed by atoms with Crippen molar-refractivity contribution in [1.82, 2.24) is 9.78 Å². The molecule has 1 aromatic heterocycles. The summed E-state index contributed by atoms with van der Waals surface area (Å²) in [4.78, 5) is 11.8. The smallest absolute Gasteiger partial charge is 0.183 e. The molecule has 3 heteroatoms. The van der Waals surface area contributed by atoms with Crippen molar-refractivity contribution in [2.45, 2.75) is 19.3 Å². The van der Waals surface area contributed by atoms with Crippen LogP contribution in [0.1, 0.15) is 29.8 Å². The average molecular weight is 238 g/mol. The Labute approximate surface area is 106 Å². The van der Waals surface area contributed by atoms with Gasteiger partial charge in [0.2, 0.25) is 0 Å². The van der Waals surface area contributed by atoms with E-state index in [2.05, 4.69) is 11.0 Å². The van der Waals surface area contributed by atoms with Gasteiger partial charge in [-0.1, -0.05) is 18.2 Å². The van der Waals surface area contributed by atoms with Crippen molar-refractivity contribution in [1.29, 1.82) is 0 Å². The number of rotatable bonds is 5. The summed E-state index contributed by atoms with van der Waals surface area (Å²) in [6.45, 7) is 0. The molecule has 0 radical (unpaired) electrons. The van der Waals surface area contributed by atoms with Crippen molar-refractivity contribution in [3.63, 3.8) is 0 Å². The van der Waals surface area contributed by atoms with E-state index in [-0.39, 0.29) is 5.78 Å².